The summed E-state index contributed by atoms with van der Waals surface area (Å²) in [5.74, 6) is 4.40. The van der Waals surface area contributed by atoms with Gasteiger partial charge in [0.2, 0.25) is 0 Å². The van der Waals surface area contributed by atoms with Crippen LogP contribution in [-0.2, 0) is 10.8 Å². The fraction of sp³-hybridized carbons (Fsp3) is 0.186. The number of aromatic nitrogens is 1. The standard InChI is InChI=1S/C59H44N2OS/c1-5-16-45-40(12-1)41-13-2-6-17-46(41)59(45)47-18-7-9-22-53(47)62-57-48(58-32-35-26-36(33-58)28-37(27-35)34-58)30-39(31-49(57)59)61(38-24-25-55-44(29-38)42-14-4-10-23-54(42)63-55)52-21-11-20-51-56(52)43-15-3-8-19-50(43)60-51/h1-25,29-31,35-37,60H,26-28,32-34H2. The molecule has 4 fully saturated rings. The SMILES string of the molecule is c1ccc2c(c1)Oc1c(C34CC5CC(CC(C5)C3)C4)cc(N(c3ccc4sc5ccccc5c4c3)c3cccc4[nH]c5ccccc5c34)cc1C21c2ccccc2-c2ccccc21. The smallest absolute Gasteiger partial charge is 0.136 e. The molecule has 63 heavy (non-hydrogen) atoms. The Labute approximate surface area is 370 Å². The fourth-order valence-electron chi connectivity index (χ4n) is 14.3. The van der Waals surface area contributed by atoms with E-state index < -0.39 is 5.41 Å². The number of benzene rings is 8. The van der Waals surface area contributed by atoms with Crippen LogP contribution in [0.1, 0.15) is 66.3 Å². The highest BCUT2D eigenvalue weighted by atomic mass is 32.1. The second kappa shape index (κ2) is 12.5. The number of anilines is 3. The zero-order chi connectivity index (χ0) is 41.0. The first-order chi connectivity index (χ1) is 31.1. The number of rotatable bonds is 4. The number of thiophene rings is 1. The van der Waals surface area contributed by atoms with Gasteiger partial charge in [-0.2, -0.15) is 0 Å². The van der Waals surface area contributed by atoms with Crippen molar-refractivity contribution in [3.05, 3.63) is 198 Å². The van der Waals surface area contributed by atoms with Gasteiger partial charge in [0.05, 0.1) is 11.1 Å². The lowest BCUT2D eigenvalue weighted by Gasteiger charge is -2.57. The van der Waals surface area contributed by atoms with Gasteiger partial charge in [0.25, 0.3) is 0 Å². The van der Waals surface area contributed by atoms with Gasteiger partial charge in [-0.25, -0.2) is 0 Å². The molecule has 10 aromatic rings. The van der Waals surface area contributed by atoms with E-state index in [-0.39, 0.29) is 5.41 Å². The van der Waals surface area contributed by atoms with Crippen LogP contribution in [0, 0.1) is 17.8 Å². The van der Waals surface area contributed by atoms with Crippen LogP contribution in [0.3, 0.4) is 0 Å². The van der Waals surface area contributed by atoms with E-state index in [0.29, 0.717) is 0 Å². The Morgan fingerprint density at radius 3 is 1.89 bits per heavy atom. The Balaban J connectivity index is 1.10. The molecule has 1 aliphatic heterocycles. The molecule has 16 rings (SSSR count). The number of para-hydroxylation sites is 2. The van der Waals surface area contributed by atoms with Gasteiger partial charge < -0.3 is 14.6 Å². The Morgan fingerprint density at radius 2 is 1.11 bits per heavy atom. The van der Waals surface area contributed by atoms with Crippen LogP contribution in [0.4, 0.5) is 17.1 Å². The maximum absolute atomic E-state index is 7.55. The summed E-state index contributed by atoms with van der Waals surface area (Å²) in [6.45, 7) is 0. The highest BCUT2D eigenvalue weighted by Gasteiger charge is 2.56. The number of ether oxygens (including phenoxy) is 1. The largest absolute Gasteiger partial charge is 0.456 e. The molecule has 6 aliphatic rings. The minimum Gasteiger partial charge on any atom is -0.456 e. The summed E-state index contributed by atoms with van der Waals surface area (Å²) in [5, 5.41) is 5.09. The van der Waals surface area contributed by atoms with Crippen LogP contribution in [0.15, 0.2) is 170 Å². The average Bonchev–Trinajstić information content (AvgIpc) is 3.98. The van der Waals surface area contributed by atoms with Crippen molar-refractivity contribution >= 4 is 70.4 Å². The van der Waals surface area contributed by atoms with E-state index in [9.17, 15) is 0 Å². The number of hydrogen-bond donors (Lipinski definition) is 1. The van der Waals surface area contributed by atoms with Gasteiger partial charge in [0, 0.05) is 70.0 Å². The molecule has 1 spiro atoms. The molecule has 0 atom stereocenters. The molecule has 3 nitrogen and oxygen atoms in total. The van der Waals surface area contributed by atoms with Gasteiger partial charge in [-0.3, -0.25) is 0 Å². The Bertz CT molecular complexity index is 3490. The first-order valence-corrected chi connectivity index (χ1v) is 23.8. The summed E-state index contributed by atoms with van der Waals surface area (Å²) in [4.78, 5) is 6.41. The number of H-pyrrole nitrogens is 1. The monoisotopic (exact) mass is 828 g/mol. The quantitative estimate of drug-likeness (QED) is 0.191. The third-order valence-corrected chi connectivity index (χ3v) is 17.3. The predicted molar refractivity (Wildman–Crippen MR) is 261 cm³/mol. The van der Waals surface area contributed by atoms with Gasteiger partial charge in [0.15, 0.2) is 0 Å². The highest BCUT2D eigenvalue weighted by molar-refractivity contribution is 7.25. The summed E-state index contributed by atoms with van der Waals surface area (Å²) >= 11 is 1.89. The number of nitrogens with zero attached hydrogens (tertiary/aromatic N) is 1. The lowest BCUT2D eigenvalue weighted by molar-refractivity contribution is -0.00609. The Hall–Kier alpha value is -6.62. The first-order valence-electron chi connectivity index (χ1n) is 23.0. The maximum atomic E-state index is 7.55. The molecule has 4 bridgehead atoms. The molecule has 8 aromatic carbocycles. The van der Waals surface area contributed by atoms with E-state index >= 15 is 0 Å². The highest BCUT2D eigenvalue weighted by Crippen LogP contribution is 2.68. The molecular formula is C59H44N2OS. The molecule has 302 valence electrons. The topological polar surface area (TPSA) is 28.3 Å². The molecule has 0 saturated heterocycles. The third kappa shape index (κ3) is 4.64. The molecule has 4 heteroatoms. The van der Waals surface area contributed by atoms with Crippen LogP contribution < -0.4 is 9.64 Å². The first kappa shape index (κ1) is 34.9. The van der Waals surface area contributed by atoms with E-state index in [0.717, 1.165) is 40.3 Å². The minimum atomic E-state index is -0.573. The molecule has 5 aliphatic carbocycles. The summed E-state index contributed by atoms with van der Waals surface area (Å²) in [6, 6.07) is 64.3. The Morgan fingerprint density at radius 1 is 0.492 bits per heavy atom. The number of hydrogen-bond acceptors (Lipinski definition) is 3. The van der Waals surface area contributed by atoms with Crippen LogP contribution in [0.2, 0.25) is 0 Å². The van der Waals surface area contributed by atoms with E-state index in [4.69, 9.17) is 4.74 Å². The number of nitrogens with one attached hydrogen (secondary N) is 1. The van der Waals surface area contributed by atoms with E-state index in [1.54, 1.807) is 0 Å². The van der Waals surface area contributed by atoms with Crippen LogP contribution in [0.5, 0.6) is 11.5 Å². The summed E-state index contributed by atoms with van der Waals surface area (Å²) in [5.41, 5.74) is 14.5. The molecule has 1 N–H and O–H groups in total. The molecule has 4 saturated carbocycles. The van der Waals surface area contributed by atoms with Crippen molar-refractivity contribution in [2.45, 2.75) is 49.4 Å². The third-order valence-electron chi connectivity index (χ3n) is 16.2. The molecule has 0 radical (unpaired) electrons. The van der Waals surface area contributed by atoms with Gasteiger partial charge in [-0.05, 0) is 145 Å². The average molecular weight is 829 g/mol. The normalized spacial score (nSPS) is 22.1. The molecule has 0 amide bonds. The minimum absolute atomic E-state index is 0.0476. The van der Waals surface area contributed by atoms with Gasteiger partial charge in [-0.1, -0.05) is 109 Å². The predicted octanol–water partition coefficient (Wildman–Crippen LogP) is 16.1. The van der Waals surface area contributed by atoms with Crippen LogP contribution in [-0.4, -0.2) is 4.98 Å². The van der Waals surface area contributed by atoms with Crippen molar-refractivity contribution in [1.82, 2.24) is 4.98 Å². The van der Waals surface area contributed by atoms with Crippen molar-refractivity contribution in [3.63, 3.8) is 0 Å². The zero-order valence-electron chi connectivity index (χ0n) is 34.9. The van der Waals surface area contributed by atoms with Gasteiger partial charge in [-0.15, -0.1) is 11.3 Å². The lowest BCUT2D eigenvalue weighted by atomic mass is 9.47. The summed E-state index contributed by atoms with van der Waals surface area (Å²) in [7, 11) is 0. The van der Waals surface area contributed by atoms with Crippen molar-refractivity contribution in [2.75, 3.05) is 4.90 Å². The van der Waals surface area contributed by atoms with E-state index in [1.807, 2.05) is 11.3 Å². The second-order valence-electron chi connectivity index (χ2n) is 19.5. The molecule has 3 heterocycles. The van der Waals surface area contributed by atoms with Crippen LogP contribution >= 0.6 is 11.3 Å². The summed E-state index contributed by atoms with van der Waals surface area (Å²) < 4.78 is 10.2. The zero-order valence-corrected chi connectivity index (χ0v) is 35.7. The van der Waals surface area contributed by atoms with Crippen LogP contribution in [0.25, 0.3) is 53.1 Å². The number of aromatic amines is 1. The van der Waals surface area contributed by atoms with Gasteiger partial charge >= 0.3 is 0 Å². The second-order valence-corrected chi connectivity index (χ2v) is 20.6. The molecule has 0 unspecified atom stereocenters. The lowest BCUT2D eigenvalue weighted by Crippen LogP contribution is -2.49. The van der Waals surface area contributed by atoms with Gasteiger partial charge in [0.1, 0.15) is 11.5 Å². The maximum Gasteiger partial charge on any atom is 0.136 e. The molecular weight excluding hydrogens is 785 g/mol. The van der Waals surface area contributed by atoms with Crippen molar-refractivity contribution in [3.8, 4) is 22.6 Å². The van der Waals surface area contributed by atoms with Crippen molar-refractivity contribution < 1.29 is 4.74 Å². The van der Waals surface area contributed by atoms with E-state index in [1.165, 1.54) is 125 Å². The number of fused-ring (bicyclic) bond motifs is 15. The Kier molecular flexibility index (Phi) is 6.94. The summed E-state index contributed by atoms with van der Waals surface area (Å²) in [6.07, 6.45) is 7.89. The fourth-order valence-corrected chi connectivity index (χ4v) is 15.3. The van der Waals surface area contributed by atoms with Crippen molar-refractivity contribution in [1.29, 1.82) is 0 Å². The molecule has 2 aromatic heterocycles. The van der Waals surface area contributed by atoms with E-state index in [2.05, 4.69) is 180 Å². The van der Waals surface area contributed by atoms with Crippen molar-refractivity contribution in [2.24, 2.45) is 17.8 Å².